The van der Waals surface area contributed by atoms with Crippen LogP contribution >= 0.6 is 0 Å². The van der Waals surface area contributed by atoms with Gasteiger partial charge in [0.05, 0.1) is 36.7 Å². The van der Waals surface area contributed by atoms with E-state index in [0.717, 1.165) is 32.1 Å². The van der Waals surface area contributed by atoms with E-state index in [1.807, 2.05) is 4.90 Å². The van der Waals surface area contributed by atoms with Crippen molar-refractivity contribution in [3.8, 4) is 0 Å². The van der Waals surface area contributed by atoms with Gasteiger partial charge < -0.3 is 37.1 Å². The van der Waals surface area contributed by atoms with Crippen LogP contribution in [-0.2, 0) is 14.3 Å². The Morgan fingerprint density at radius 1 is 1.00 bits per heavy atom. The van der Waals surface area contributed by atoms with E-state index < -0.39 is 36.5 Å². The highest BCUT2D eigenvalue weighted by molar-refractivity contribution is 5.81. The highest BCUT2D eigenvalue weighted by Crippen LogP contribution is 2.48. The standard InChI is InChI=1S/C27H47F2N7O3/c28-18-3-7-27(5-1-2-6-27)23(33-13-18)21(24(30)31)25(37)34-20-15-32-14-19(29)22(20)35-8-10-36(11-9-35)26(38)17-4-12-39-16-17/h17-24,32-33H,1-16,30-31H2,(H,34,37)/t17-,18?,19?,20?,21?,22?,23?/m0/s1. The van der Waals surface area contributed by atoms with Crippen molar-refractivity contribution in [1.82, 2.24) is 25.8 Å². The number of alkyl halides is 2. The minimum atomic E-state index is -1.18. The van der Waals surface area contributed by atoms with E-state index in [4.69, 9.17) is 16.2 Å². The first-order valence-corrected chi connectivity index (χ1v) is 14.9. The van der Waals surface area contributed by atoms with Crippen LogP contribution in [0.25, 0.3) is 0 Å². The third-order valence-electron chi connectivity index (χ3n) is 9.99. The molecule has 1 saturated carbocycles. The molecule has 5 fully saturated rings. The smallest absolute Gasteiger partial charge is 0.228 e. The maximum Gasteiger partial charge on any atom is 0.228 e. The number of ether oxygens (including phenoxy) is 1. The fourth-order valence-corrected chi connectivity index (χ4v) is 7.87. The fraction of sp³-hybridized carbons (Fsp3) is 0.926. The van der Waals surface area contributed by atoms with Crippen molar-refractivity contribution in [3.05, 3.63) is 0 Å². The number of nitrogens with zero attached hydrogens (tertiary/aromatic N) is 2. The third kappa shape index (κ3) is 6.25. The molecule has 0 bridgehead atoms. The van der Waals surface area contributed by atoms with Crippen LogP contribution in [-0.4, -0.2) is 117 Å². The Bertz CT molecular complexity index is 847. The number of piperazine rings is 1. The van der Waals surface area contributed by atoms with Crippen LogP contribution in [0.5, 0.6) is 0 Å². The summed E-state index contributed by atoms with van der Waals surface area (Å²) in [6.07, 6.45) is 2.79. The number of nitrogens with one attached hydrogen (secondary N) is 3. The molecule has 4 aliphatic heterocycles. The summed E-state index contributed by atoms with van der Waals surface area (Å²) in [6, 6.07) is -1.33. The number of hydrogen-bond acceptors (Lipinski definition) is 8. The number of amides is 2. The van der Waals surface area contributed by atoms with Gasteiger partial charge in [-0.1, -0.05) is 12.8 Å². The van der Waals surface area contributed by atoms with Crippen molar-refractivity contribution in [1.29, 1.82) is 0 Å². The maximum absolute atomic E-state index is 15.4. The van der Waals surface area contributed by atoms with Gasteiger partial charge >= 0.3 is 0 Å². The summed E-state index contributed by atoms with van der Waals surface area (Å²) in [4.78, 5) is 30.6. The molecule has 4 heterocycles. The van der Waals surface area contributed by atoms with E-state index in [1.54, 1.807) is 0 Å². The molecule has 7 N–H and O–H groups in total. The predicted molar refractivity (Wildman–Crippen MR) is 143 cm³/mol. The predicted octanol–water partition coefficient (Wildman–Crippen LogP) is -0.528. The Hall–Kier alpha value is -1.44. The lowest BCUT2D eigenvalue weighted by Crippen LogP contribution is -2.69. The fourth-order valence-electron chi connectivity index (χ4n) is 7.87. The Morgan fingerprint density at radius 3 is 2.41 bits per heavy atom. The highest BCUT2D eigenvalue weighted by atomic mass is 19.1. The molecular weight excluding hydrogens is 508 g/mol. The van der Waals surface area contributed by atoms with Crippen LogP contribution < -0.4 is 27.4 Å². The van der Waals surface area contributed by atoms with E-state index >= 15 is 4.39 Å². The Morgan fingerprint density at radius 2 is 1.74 bits per heavy atom. The SMILES string of the molecule is NC(N)C(C(=O)NC1CNCC(F)C1N1CCN(C(=O)[C@H]2CCOC2)CC1)C1NCC(F)CCC12CCCC2. The van der Waals surface area contributed by atoms with Gasteiger partial charge in [-0.25, -0.2) is 8.78 Å². The van der Waals surface area contributed by atoms with Crippen molar-refractivity contribution in [3.63, 3.8) is 0 Å². The summed E-state index contributed by atoms with van der Waals surface area (Å²) < 4.78 is 35.3. The first kappa shape index (κ1) is 29.1. The molecule has 222 valence electrons. The molecule has 0 aromatic heterocycles. The van der Waals surface area contributed by atoms with Crippen molar-refractivity contribution in [2.45, 2.75) is 81.6 Å². The first-order valence-electron chi connectivity index (χ1n) is 14.9. The van der Waals surface area contributed by atoms with E-state index in [2.05, 4.69) is 20.9 Å². The summed E-state index contributed by atoms with van der Waals surface area (Å²) in [5.41, 5.74) is 12.3. The number of halogens is 2. The number of carbonyl (C=O) groups excluding carboxylic acids is 2. The van der Waals surface area contributed by atoms with Crippen molar-refractivity contribution >= 4 is 11.8 Å². The average molecular weight is 556 g/mol. The molecule has 10 nitrogen and oxygen atoms in total. The topological polar surface area (TPSA) is 138 Å². The monoisotopic (exact) mass is 555 g/mol. The second-order valence-electron chi connectivity index (χ2n) is 12.4. The molecule has 4 saturated heterocycles. The molecule has 5 rings (SSSR count). The Kier molecular flexibility index (Phi) is 9.39. The first-order chi connectivity index (χ1) is 18.8. The van der Waals surface area contributed by atoms with Gasteiger partial charge in [0.2, 0.25) is 11.8 Å². The van der Waals surface area contributed by atoms with E-state index in [1.165, 1.54) is 0 Å². The molecule has 39 heavy (non-hydrogen) atoms. The Labute approximate surface area is 230 Å². The van der Waals surface area contributed by atoms with Crippen LogP contribution in [0.1, 0.15) is 44.9 Å². The van der Waals surface area contributed by atoms with Crippen molar-refractivity contribution in [2.24, 2.45) is 28.7 Å². The third-order valence-corrected chi connectivity index (χ3v) is 9.99. The maximum atomic E-state index is 15.4. The lowest BCUT2D eigenvalue weighted by Gasteiger charge is -2.47. The van der Waals surface area contributed by atoms with Gasteiger partial charge in [-0.2, -0.15) is 0 Å². The number of hydrogen-bond donors (Lipinski definition) is 5. The summed E-state index contributed by atoms with van der Waals surface area (Å²) in [5.74, 6) is -1.02. The summed E-state index contributed by atoms with van der Waals surface area (Å²) in [5, 5.41) is 9.57. The minimum absolute atomic E-state index is 0.0813. The number of piperidine rings is 1. The molecule has 1 aliphatic carbocycles. The van der Waals surface area contributed by atoms with E-state index in [0.29, 0.717) is 58.8 Å². The van der Waals surface area contributed by atoms with Gasteiger partial charge in [0, 0.05) is 58.5 Å². The van der Waals surface area contributed by atoms with Gasteiger partial charge in [-0.05, 0) is 37.5 Å². The van der Waals surface area contributed by atoms with Gasteiger partial charge in [-0.15, -0.1) is 0 Å². The summed E-state index contributed by atoms with van der Waals surface area (Å²) in [6.45, 7) is 4.06. The van der Waals surface area contributed by atoms with Crippen LogP contribution in [0.15, 0.2) is 0 Å². The molecule has 12 heteroatoms. The zero-order valence-corrected chi connectivity index (χ0v) is 23.0. The van der Waals surface area contributed by atoms with Gasteiger partial charge in [-0.3, -0.25) is 14.5 Å². The van der Waals surface area contributed by atoms with E-state index in [9.17, 15) is 14.0 Å². The van der Waals surface area contributed by atoms with Crippen LogP contribution in [0.2, 0.25) is 0 Å². The lowest BCUT2D eigenvalue weighted by atomic mass is 9.69. The van der Waals surface area contributed by atoms with Gasteiger partial charge in [0.1, 0.15) is 12.3 Å². The van der Waals surface area contributed by atoms with Gasteiger partial charge in [0.15, 0.2) is 0 Å². The molecule has 1 spiro atoms. The molecule has 7 atom stereocenters. The number of rotatable bonds is 6. The second kappa shape index (κ2) is 12.6. The summed E-state index contributed by atoms with van der Waals surface area (Å²) >= 11 is 0. The van der Waals surface area contributed by atoms with Crippen LogP contribution in [0.3, 0.4) is 0 Å². The quantitative estimate of drug-likeness (QED) is 0.276. The molecule has 0 radical (unpaired) electrons. The normalized spacial score (nSPS) is 36.7. The molecule has 5 aliphatic rings. The molecule has 0 aromatic rings. The minimum Gasteiger partial charge on any atom is -0.381 e. The van der Waals surface area contributed by atoms with Crippen LogP contribution in [0.4, 0.5) is 8.78 Å². The number of carbonyl (C=O) groups is 2. The van der Waals surface area contributed by atoms with E-state index in [-0.39, 0.29) is 42.3 Å². The Balaban J connectivity index is 1.27. The number of nitrogens with two attached hydrogens (primary N) is 2. The molecule has 6 unspecified atom stereocenters. The lowest BCUT2D eigenvalue weighted by molar-refractivity contribution is -0.138. The second-order valence-corrected chi connectivity index (χ2v) is 12.4. The zero-order valence-electron chi connectivity index (χ0n) is 23.0. The van der Waals surface area contributed by atoms with Gasteiger partial charge in [0.25, 0.3) is 0 Å². The average Bonchev–Trinajstić information content (AvgIpc) is 3.60. The van der Waals surface area contributed by atoms with Crippen molar-refractivity contribution < 1.29 is 23.1 Å². The zero-order chi connectivity index (χ0) is 27.6. The summed E-state index contributed by atoms with van der Waals surface area (Å²) in [7, 11) is 0. The molecular formula is C27H47F2N7O3. The van der Waals surface area contributed by atoms with Crippen molar-refractivity contribution in [2.75, 3.05) is 59.0 Å². The molecule has 0 aromatic carbocycles. The highest BCUT2D eigenvalue weighted by Gasteiger charge is 2.50. The largest absolute Gasteiger partial charge is 0.381 e. The molecule has 2 amide bonds. The van der Waals surface area contributed by atoms with Crippen LogP contribution in [0, 0.1) is 17.3 Å².